The van der Waals surface area contributed by atoms with Crippen molar-refractivity contribution in [2.45, 2.75) is 51.4 Å². The van der Waals surface area contributed by atoms with E-state index in [1.54, 1.807) is 31.5 Å². The Balaban J connectivity index is 1.79. The number of carbonyl (C=O) groups excluding carboxylic acids is 1. The second kappa shape index (κ2) is 10.2. The van der Waals surface area contributed by atoms with Crippen LogP contribution < -0.4 is 10.2 Å². The number of aromatic nitrogens is 1. The van der Waals surface area contributed by atoms with E-state index in [1.165, 1.54) is 6.07 Å². The Morgan fingerprint density at radius 1 is 1.35 bits per heavy atom. The molecular formula is C24H32FN3O3. The Kier molecular flexibility index (Phi) is 7.62. The van der Waals surface area contributed by atoms with Crippen LogP contribution in [0, 0.1) is 12.7 Å². The normalized spacial score (nSPS) is 20.8. The molecule has 2 aromatic rings. The van der Waals surface area contributed by atoms with Gasteiger partial charge in [0, 0.05) is 12.7 Å². The van der Waals surface area contributed by atoms with Crippen LogP contribution in [0.3, 0.4) is 0 Å². The van der Waals surface area contributed by atoms with E-state index in [-0.39, 0.29) is 11.7 Å². The monoisotopic (exact) mass is 429 g/mol. The van der Waals surface area contributed by atoms with Crippen molar-refractivity contribution >= 4 is 5.91 Å². The van der Waals surface area contributed by atoms with Crippen LogP contribution in [0.25, 0.3) is 0 Å². The van der Waals surface area contributed by atoms with Gasteiger partial charge < -0.3 is 9.64 Å². The predicted octanol–water partition coefficient (Wildman–Crippen LogP) is 3.96. The largest absolute Gasteiger partial charge is 0.491 e. The minimum atomic E-state index is -0.981. The van der Waals surface area contributed by atoms with Crippen molar-refractivity contribution in [3.05, 3.63) is 59.2 Å². The van der Waals surface area contributed by atoms with E-state index in [0.29, 0.717) is 36.3 Å². The van der Waals surface area contributed by atoms with Gasteiger partial charge in [0.2, 0.25) is 0 Å². The number of hydrogen-bond acceptors (Lipinski definition) is 5. The number of ether oxygens (including phenoxy) is 1. The molecule has 1 fully saturated rings. The van der Waals surface area contributed by atoms with Crippen LogP contribution in [0.5, 0.6) is 5.75 Å². The first-order valence-electron chi connectivity index (χ1n) is 10.9. The smallest absolute Gasteiger partial charge is 0.254 e. The number of hydrogen-bond donors (Lipinski definition) is 2. The topological polar surface area (TPSA) is 74.7 Å². The summed E-state index contributed by atoms with van der Waals surface area (Å²) in [6.07, 6.45) is 5.21. The SMILES string of the molecule is CCN(CC)CCOc1cncc(C2CC[C@@](C(=O)NO)(c3cccc(F)c3C)C2)c1. The van der Waals surface area contributed by atoms with Crippen molar-refractivity contribution in [3.63, 3.8) is 0 Å². The van der Waals surface area contributed by atoms with Crippen molar-refractivity contribution in [2.75, 3.05) is 26.2 Å². The molecule has 1 unspecified atom stereocenters. The minimum Gasteiger partial charge on any atom is -0.491 e. The van der Waals surface area contributed by atoms with Crippen molar-refractivity contribution in [1.82, 2.24) is 15.4 Å². The molecule has 2 atom stereocenters. The standard InChI is InChI=1S/C24H32FN3O3/c1-4-28(5-2)11-12-31-20-13-19(15-26-16-20)18-9-10-24(14-18,23(29)27-30)21-7-6-8-22(25)17(21)3/h6-8,13,15-16,18,30H,4-5,9-12,14H2,1-3H3,(H,27,29)/t18?,24-/m0/s1. The lowest BCUT2D eigenvalue weighted by atomic mass is 9.75. The Morgan fingerprint density at radius 2 is 2.13 bits per heavy atom. The van der Waals surface area contributed by atoms with Crippen LogP contribution in [0.1, 0.15) is 55.7 Å². The summed E-state index contributed by atoms with van der Waals surface area (Å²) in [5.41, 5.74) is 2.90. The zero-order chi connectivity index (χ0) is 22.4. The molecule has 6 nitrogen and oxygen atoms in total. The van der Waals surface area contributed by atoms with Gasteiger partial charge in [-0.05, 0) is 74.0 Å². The average molecular weight is 430 g/mol. The third-order valence-corrected chi connectivity index (χ3v) is 6.61. The van der Waals surface area contributed by atoms with Gasteiger partial charge in [0.1, 0.15) is 18.2 Å². The van der Waals surface area contributed by atoms with Gasteiger partial charge in [0.05, 0.1) is 11.6 Å². The van der Waals surface area contributed by atoms with Crippen LogP contribution in [0.2, 0.25) is 0 Å². The molecule has 1 heterocycles. The molecule has 0 bridgehead atoms. The third kappa shape index (κ3) is 4.88. The van der Waals surface area contributed by atoms with E-state index in [4.69, 9.17) is 4.74 Å². The van der Waals surface area contributed by atoms with Crippen LogP contribution in [0.4, 0.5) is 4.39 Å². The zero-order valence-corrected chi connectivity index (χ0v) is 18.5. The summed E-state index contributed by atoms with van der Waals surface area (Å²) in [4.78, 5) is 19.4. The highest BCUT2D eigenvalue weighted by Gasteiger charge is 2.48. The molecule has 1 aromatic heterocycles. The molecule has 1 aliphatic rings. The molecule has 1 amide bonds. The Bertz CT molecular complexity index is 903. The van der Waals surface area contributed by atoms with Gasteiger partial charge in [-0.2, -0.15) is 0 Å². The second-order valence-corrected chi connectivity index (χ2v) is 8.20. The molecule has 0 spiro atoms. The van der Waals surface area contributed by atoms with Gasteiger partial charge in [-0.15, -0.1) is 0 Å². The third-order valence-electron chi connectivity index (χ3n) is 6.61. The minimum absolute atomic E-state index is 0.0544. The number of halogens is 1. The van der Waals surface area contributed by atoms with Crippen molar-refractivity contribution < 1.29 is 19.1 Å². The number of amides is 1. The van der Waals surface area contributed by atoms with Gasteiger partial charge >= 0.3 is 0 Å². The average Bonchev–Trinajstić information content (AvgIpc) is 3.25. The number of nitrogens with one attached hydrogen (secondary N) is 1. The highest BCUT2D eigenvalue weighted by Crippen LogP contribution is 2.49. The number of benzene rings is 1. The molecule has 2 N–H and O–H groups in total. The number of likely N-dealkylation sites (N-methyl/N-ethyl adjacent to an activating group) is 1. The predicted molar refractivity (Wildman–Crippen MR) is 117 cm³/mol. The highest BCUT2D eigenvalue weighted by molar-refractivity contribution is 5.88. The van der Waals surface area contributed by atoms with Crippen LogP contribution in [0.15, 0.2) is 36.7 Å². The van der Waals surface area contributed by atoms with Crippen molar-refractivity contribution in [2.24, 2.45) is 0 Å². The van der Waals surface area contributed by atoms with E-state index >= 15 is 0 Å². The maximum Gasteiger partial charge on any atom is 0.254 e. The van der Waals surface area contributed by atoms with Crippen molar-refractivity contribution in [1.29, 1.82) is 0 Å². The molecule has 31 heavy (non-hydrogen) atoms. The molecule has 1 aliphatic carbocycles. The van der Waals surface area contributed by atoms with Gasteiger partial charge in [0.15, 0.2) is 0 Å². The first-order valence-corrected chi connectivity index (χ1v) is 10.9. The fourth-order valence-corrected chi connectivity index (χ4v) is 4.71. The summed E-state index contributed by atoms with van der Waals surface area (Å²) < 4.78 is 20.2. The van der Waals surface area contributed by atoms with Crippen LogP contribution in [-0.2, 0) is 10.2 Å². The van der Waals surface area contributed by atoms with Gasteiger partial charge in [-0.3, -0.25) is 15.0 Å². The maximum absolute atomic E-state index is 14.2. The first-order chi connectivity index (χ1) is 14.9. The van der Waals surface area contributed by atoms with Gasteiger partial charge in [-0.25, -0.2) is 9.87 Å². The molecule has 3 rings (SSSR count). The number of nitrogens with zero attached hydrogens (tertiary/aromatic N) is 2. The number of carbonyl (C=O) groups is 1. The Morgan fingerprint density at radius 3 is 2.84 bits per heavy atom. The number of pyridine rings is 1. The Labute approximate surface area is 183 Å². The Hall–Kier alpha value is -2.51. The lowest BCUT2D eigenvalue weighted by Crippen LogP contribution is -2.42. The van der Waals surface area contributed by atoms with E-state index in [2.05, 4.69) is 23.7 Å². The lowest BCUT2D eigenvalue weighted by Gasteiger charge is -2.29. The van der Waals surface area contributed by atoms with Crippen LogP contribution >= 0.6 is 0 Å². The van der Waals surface area contributed by atoms with E-state index in [9.17, 15) is 14.4 Å². The zero-order valence-electron chi connectivity index (χ0n) is 18.5. The molecule has 0 aliphatic heterocycles. The van der Waals surface area contributed by atoms with E-state index < -0.39 is 11.3 Å². The second-order valence-electron chi connectivity index (χ2n) is 8.20. The summed E-state index contributed by atoms with van der Waals surface area (Å²) in [7, 11) is 0. The summed E-state index contributed by atoms with van der Waals surface area (Å²) in [5, 5.41) is 9.44. The quantitative estimate of drug-likeness (QED) is 0.466. The summed E-state index contributed by atoms with van der Waals surface area (Å²) in [5.74, 6) is -0.0888. The lowest BCUT2D eigenvalue weighted by molar-refractivity contribution is -0.135. The number of hydroxylamine groups is 1. The summed E-state index contributed by atoms with van der Waals surface area (Å²) >= 11 is 0. The maximum atomic E-state index is 14.2. The summed E-state index contributed by atoms with van der Waals surface area (Å²) in [6, 6.07) is 6.76. The van der Waals surface area contributed by atoms with E-state index in [1.807, 2.05) is 11.5 Å². The molecule has 0 saturated heterocycles. The molecule has 1 aromatic carbocycles. The molecule has 168 valence electrons. The molecule has 7 heteroatoms. The molecule has 1 saturated carbocycles. The molecular weight excluding hydrogens is 397 g/mol. The van der Waals surface area contributed by atoms with Crippen molar-refractivity contribution in [3.8, 4) is 5.75 Å². The van der Waals surface area contributed by atoms with Gasteiger partial charge in [0.25, 0.3) is 5.91 Å². The highest BCUT2D eigenvalue weighted by atomic mass is 19.1. The number of rotatable bonds is 9. The van der Waals surface area contributed by atoms with E-state index in [0.717, 1.165) is 31.6 Å². The summed E-state index contributed by atoms with van der Waals surface area (Å²) in [6.45, 7) is 9.32. The fraction of sp³-hybridized carbons (Fsp3) is 0.500. The molecule has 0 radical (unpaired) electrons. The fourth-order valence-electron chi connectivity index (χ4n) is 4.71. The van der Waals surface area contributed by atoms with Crippen LogP contribution in [-0.4, -0.2) is 47.2 Å². The van der Waals surface area contributed by atoms with Gasteiger partial charge in [-0.1, -0.05) is 26.0 Å². The first kappa shape index (κ1) is 23.2.